The summed E-state index contributed by atoms with van der Waals surface area (Å²) in [5.41, 5.74) is 1.18. The van der Waals surface area contributed by atoms with Crippen LogP contribution in [0.1, 0.15) is 12.8 Å². The van der Waals surface area contributed by atoms with Crippen molar-refractivity contribution in [3.63, 3.8) is 0 Å². The molecule has 2 fully saturated rings. The molecule has 1 amide bonds. The Kier molecular flexibility index (Phi) is 4.29. The van der Waals surface area contributed by atoms with Gasteiger partial charge >= 0.3 is 0 Å². The van der Waals surface area contributed by atoms with Crippen molar-refractivity contribution in [3.8, 4) is 5.75 Å². The highest BCUT2D eigenvalue weighted by atomic mass is 16.5. The zero-order chi connectivity index (χ0) is 14.7. The fraction of sp³-hybridized carbons (Fsp3) is 0.562. The van der Waals surface area contributed by atoms with Gasteiger partial charge in [-0.25, -0.2) is 0 Å². The first kappa shape index (κ1) is 14.2. The van der Waals surface area contributed by atoms with Crippen molar-refractivity contribution in [2.24, 2.45) is 0 Å². The molecule has 2 heterocycles. The third kappa shape index (κ3) is 3.13. The second-order valence-electron chi connectivity index (χ2n) is 5.51. The summed E-state index contributed by atoms with van der Waals surface area (Å²) in [6.07, 6.45) is 1.68. The van der Waals surface area contributed by atoms with E-state index in [-0.39, 0.29) is 12.0 Å². The Labute approximate surface area is 125 Å². The first-order chi connectivity index (χ1) is 10.3. The smallest absolute Gasteiger partial charge is 0.251 e. The second kappa shape index (κ2) is 6.35. The molecule has 2 saturated heterocycles. The highest BCUT2D eigenvalue weighted by molar-refractivity contribution is 5.81. The lowest BCUT2D eigenvalue weighted by Crippen LogP contribution is -2.51. The zero-order valence-electron chi connectivity index (χ0n) is 12.5. The van der Waals surface area contributed by atoms with Gasteiger partial charge in [-0.2, -0.15) is 0 Å². The molecule has 1 atom stereocenters. The van der Waals surface area contributed by atoms with Crippen LogP contribution in [-0.4, -0.2) is 56.8 Å². The Morgan fingerprint density at radius 3 is 2.48 bits per heavy atom. The molecule has 114 valence electrons. The molecule has 0 N–H and O–H groups in total. The molecule has 0 spiro atoms. The molecule has 3 rings (SSSR count). The van der Waals surface area contributed by atoms with Gasteiger partial charge in [-0.1, -0.05) is 0 Å². The molecule has 0 radical (unpaired) electrons. The van der Waals surface area contributed by atoms with Gasteiger partial charge in [-0.3, -0.25) is 4.79 Å². The summed E-state index contributed by atoms with van der Waals surface area (Å²) >= 11 is 0. The minimum atomic E-state index is -0.197. The van der Waals surface area contributed by atoms with Gasteiger partial charge < -0.3 is 19.3 Å². The standard InChI is InChI=1S/C16H22N2O3/c1-20-14-6-4-13(5-7-14)17-8-10-18(11-9-17)16(19)15-3-2-12-21-15/h4-7,15H,2-3,8-12H2,1H3/t15-/m1/s1. The Morgan fingerprint density at radius 2 is 1.90 bits per heavy atom. The molecule has 5 nitrogen and oxygen atoms in total. The average Bonchev–Trinajstić information content (AvgIpc) is 3.09. The van der Waals surface area contributed by atoms with E-state index in [9.17, 15) is 4.79 Å². The van der Waals surface area contributed by atoms with Crippen molar-refractivity contribution in [2.45, 2.75) is 18.9 Å². The Bertz CT molecular complexity index is 475. The minimum Gasteiger partial charge on any atom is -0.497 e. The van der Waals surface area contributed by atoms with Crippen LogP contribution in [0.4, 0.5) is 5.69 Å². The Hall–Kier alpha value is -1.75. The maximum atomic E-state index is 12.3. The molecule has 21 heavy (non-hydrogen) atoms. The number of nitrogens with zero attached hydrogens (tertiary/aromatic N) is 2. The summed E-state index contributed by atoms with van der Waals surface area (Å²) in [6.45, 7) is 3.99. The van der Waals surface area contributed by atoms with Crippen molar-refractivity contribution in [1.82, 2.24) is 4.90 Å². The highest BCUT2D eigenvalue weighted by Gasteiger charge is 2.30. The fourth-order valence-corrected chi connectivity index (χ4v) is 2.95. The lowest BCUT2D eigenvalue weighted by Gasteiger charge is -2.37. The first-order valence-corrected chi connectivity index (χ1v) is 7.57. The van der Waals surface area contributed by atoms with Crippen molar-refractivity contribution in [1.29, 1.82) is 0 Å². The van der Waals surface area contributed by atoms with E-state index < -0.39 is 0 Å². The summed E-state index contributed by atoms with van der Waals surface area (Å²) in [6, 6.07) is 8.07. The minimum absolute atomic E-state index is 0.168. The number of rotatable bonds is 3. The molecule has 1 aromatic rings. The maximum Gasteiger partial charge on any atom is 0.251 e. The lowest BCUT2D eigenvalue weighted by atomic mass is 10.2. The number of hydrogen-bond donors (Lipinski definition) is 0. The molecule has 0 aliphatic carbocycles. The van der Waals surface area contributed by atoms with Crippen molar-refractivity contribution >= 4 is 11.6 Å². The molecule has 1 aromatic carbocycles. The van der Waals surface area contributed by atoms with Gasteiger partial charge in [0.15, 0.2) is 0 Å². The van der Waals surface area contributed by atoms with Gasteiger partial charge in [-0.15, -0.1) is 0 Å². The van der Waals surface area contributed by atoms with Gasteiger partial charge in [0, 0.05) is 38.5 Å². The third-order valence-corrected chi connectivity index (χ3v) is 4.23. The second-order valence-corrected chi connectivity index (χ2v) is 5.51. The van der Waals surface area contributed by atoms with Crippen LogP contribution in [0.15, 0.2) is 24.3 Å². The summed E-state index contributed by atoms with van der Waals surface area (Å²) in [5.74, 6) is 1.04. The van der Waals surface area contributed by atoms with Crippen LogP contribution in [0.25, 0.3) is 0 Å². The van der Waals surface area contributed by atoms with Gasteiger partial charge in [-0.05, 0) is 37.1 Å². The molecule has 0 bridgehead atoms. The monoisotopic (exact) mass is 290 g/mol. The Balaban J connectivity index is 1.55. The van der Waals surface area contributed by atoms with E-state index >= 15 is 0 Å². The van der Waals surface area contributed by atoms with E-state index in [0.29, 0.717) is 0 Å². The molecule has 2 aliphatic heterocycles. The number of carbonyl (C=O) groups is 1. The maximum absolute atomic E-state index is 12.3. The predicted octanol–water partition coefficient (Wildman–Crippen LogP) is 1.52. The third-order valence-electron chi connectivity index (χ3n) is 4.23. The van der Waals surface area contributed by atoms with Crippen LogP contribution >= 0.6 is 0 Å². The SMILES string of the molecule is COc1ccc(N2CCN(C(=O)[C@H]3CCCO3)CC2)cc1. The summed E-state index contributed by atoms with van der Waals surface area (Å²) < 4.78 is 10.7. The fourth-order valence-electron chi connectivity index (χ4n) is 2.95. The number of benzene rings is 1. The molecular weight excluding hydrogens is 268 g/mol. The topological polar surface area (TPSA) is 42.0 Å². The highest BCUT2D eigenvalue weighted by Crippen LogP contribution is 2.21. The summed E-state index contributed by atoms with van der Waals surface area (Å²) in [7, 11) is 1.67. The normalized spacial score (nSPS) is 22.4. The largest absolute Gasteiger partial charge is 0.497 e. The number of piperazine rings is 1. The van der Waals surface area contributed by atoms with Crippen LogP contribution in [-0.2, 0) is 9.53 Å². The van der Waals surface area contributed by atoms with Gasteiger partial charge in [0.25, 0.3) is 5.91 Å². The van der Waals surface area contributed by atoms with E-state index in [0.717, 1.165) is 51.4 Å². The van der Waals surface area contributed by atoms with Crippen LogP contribution in [0, 0.1) is 0 Å². The molecule has 0 unspecified atom stereocenters. The van der Waals surface area contributed by atoms with E-state index in [2.05, 4.69) is 17.0 Å². The van der Waals surface area contributed by atoms with Crippen molar-refractivity contribution in [3.05, 3.63) is 24.3 Å². The lowest BCUT2D eigenvalue weighted by molar-refractivity contribution is -0.141. The average molecular weight is 290 g/mol. The summed E-state index contributed by atoms with van der Waals surface area (Å²) in [4.78, 5) is 16.5. The molecular formula is C16H22N2O3. The van der Waals surface area contributed by atoms with E-state index in [1.807, 2.05) is 17.0 Å². The number of ether oxygens (including phenoxy) is 2. The number of amides is 1. The van der Waals surface area contributed by atoms with Gasteiger partial charge in [0.1, 0.15) is 11.9 Å². The van der Waals surface area contributed by atoms with E-state index in [1.165, 1.54) is 5.69 Å². The number of methoxy groups -OCH3 is 1. The van der Waals surface area contributed by atoms with Crippen molar-refractivity contribution < 1.29 is 14.3 Å². The van der Waals surface area contributed by atoms with E-state index in [4.69, 9.17) is 9.47 Å². The zero-order valence-corrected chi connectivity index (χ0v) is 12.5. The van der Waals surface area contributed by atoms with Gasteiger partial charge in [0.05, 0.1) is 7.11 Å². The number of carbonyl (C=O) groups excluding carboxylic acids is 1. The van der Waals surface area contributed by atoms with Gasteiger partial charge in [0.2, 0.25) is 0 Å². The molecule has 0 aromatic heterocycles. The van der Waals surface area contributed by atoms with E-state index in [1.54, 1.807) is 7.11 Å². The van der Waals surface area contributed by atoms with Crippen LogP contribution in [0.3, 0.4) is 0 Å². The molecule has 0 saturated carbocycles. The van der Waals surface area contributed by atoms with Crippen LogP contribution in [0.2, 0.25) is 0 Å². The van der Waals surface area contributed by atoms with Crippen molar-refractivity contribution in [2.75, 3.05) is 44.8 Å². The quantitative estimate of drug-likeness (QED) is 0.846. The molecule has 2 aliphatic rings. The number of anilines is 1. The Morgan fingerprint density at radius 1 is 1.19 bits per heavy atom. The van der Waals surface area contributed by atoms with Crippen LogP contribution in [0.5, 0.6) is 5.75 Å². The predicted molar refractivity (Wildman–Crippen MR) is 80.8 cm³/mol. The first-order valence-electron chi connectivity index (χ1n) is 7.57. The van der Waals surface area contributed by atoms with Crippen LogP contribution < -0.4 is 9.64 Å². The summed E-state index contributed by atoms with van der Waals surface area (Å²) in [5, 5.41) is 0. The number of hydrogen-bond acceptors (Lipinski definition) is 4. The molecule has 5 heteroatoms.